The number of nitrogens with zero attached hydrogens (tertiary/aromatic N) is 1. The maximum Gasteiger partial charge on any atom is 0.260 e. The molecule has 0 atom stereocenters. The van der Waals surface area contributed by atoms with Crippen LogP contribution in [0.15, 0.2) is 24.3 Å². The number of benzene rings is 1. The van der Waals surface area contributed by atoms with Crippen LogP contribution in [0.2, 0.25) is 0 Å². The maximum absolute atomic E-state index is 12.0. The number of ether oxygens (including phenoxy) is 1. The topological polar surface area (TPSA) is 75.8 Å². The van der Waals surface area contributed by atoms with Crippen molar-refractivity contribution in [2.45, 2.75) is 37.8 Å². The summed E-state index contributed by atoms with van der Waals surface area (Å²) in [4.78, 5) is 13.6. The lowest BCUT2D eigenvalue weighted by molar-refractivity contribution is -0.135. The summed E-state index contributed by atoms with van der Waals surface area (Å²) < 4.78 is 5.47. The first kappa shape index (κ1) is 15.8. The number of likely N-dealkylation sites (N-methyl/N-ethyl adjacent to an activating group) is 1. The number of amides is 1. The minimum Gasteiger partial charge on any atom is -0.484 e. The van der Waals surface area contributed by atoms with Gasteiger partial charge >= 0.3 is 0 Å². The van der Waals surface area contributed by atoms with Gasteiger partial charge in [-0.3, -0.25) is 4.79 Å². The van der Waals surface area contributed by atoms with Crippen molar-refractivity contribution in [3.63, 3.8) is 0 Å². The molecule has 1 fully saturated rings. The highest BCUT2D eigenvalue weighted by molar-refractivity contribution is 5.77. The molecule has 1 aromatic carbocycles. The van der Waals surface area contributed by atoms with Gasteiger partial charge in [-0.2, -0.15) is 0 Å². The van der Waals surface area contributed by atoms with Crippen LogP contribution in [0.5, 0.6) is 5.75 Å². The first-order valence-electron chi connectivity index (χ1n) is 7.40. The quantitative estimate of drug-likeness (QED) is 0.828. The Balaban J connectivity index is 1.80. The Kier molecular flexibility index (Phi) is 5.20. The Bertz CT molecular complexity index is 467. The normalized spacial score (nSPS) is 16.7. The second-order valence-electron chi connectivity index (χ2n) is 5.82. The second-order valence-corrected chi connectivity index (χ2v) is 5.82. The average Bonchev–Trinajstić information content (AvgIpc) is 2.91. The van der Waals surface area contributed by atoms with E-state index in [1.165, 1.54) is 0 Å². The van der Waals surface area contributed by atoms with Crippen LogP contribution in [0.25, 0.3) is 0 Å². The number of carbonyl (C=O) groups is 1. The minimum atomic E-state index is -0.715. The molecule has 0 bridgehead atoms. The van der Waals surface area contributed by atoms with E-state index >= 15 is 0 Å². The SMILES string of the molecule is CN(CC1(O)CCCC1)C(=O)COc1ccc(CN)cc1. The largest absolute Gasteiger partial charge is 0.484 e. The average molecular weight is 292 g/mol. The van der Waals surface area contributed by atoms with Crippen LogP contribution in [0.1, 0.15) is 31.2 Å². The lowest BCUT2D eigenvalue weighted by Crippen LogP contribution is -2.43. The van der Waals surface area contributed by atoms with Crippen LogP contribution < -0.4 is 10.5 Å². The molecular formula is C16H24N2O3. The minimum absolute atomic E-state index is 0.0193. The van der Waals surface area contributed by atoms with Crippen molar-refractivity contribution in [1.29, 1.82) is 0 Å². The molecule has 3 N–H and O–H groups in total. The third kappa shape index (κ3) is 4.44. The molecule has 116 valence electrons. The summed E-state index contributed by atoms with van der Waals surface area (Å²) in [7, 11) is 1.71. The molecule has 1 aliphatic rings. The highest BCUT2D eigenvalue weighted by Crippen LogP contribution is 2.29. The number of hydrogen-bond acceptors (Lipinski definition) is 4. The Labute approximate surface area is 125 Å². The van der Waals surface area contributed by atoms with Gasteiger partial charge in [0.2, 0.25) is 0 Å². The van der Waals surface area contributed by atoms with Gasteiger partial charge in [-0.05, 0) is 30.5 Å². The number of hydrogen-bond donors (Lipinski definition) is 2. The van der Waals surface area contributed by atoms with Crippen LogP contribution in [0, 0.1) is 0 Å². The molecule has 0 aliphatic heterocycles. The van der Waals surface area contributed by atoms with E-state index in [0.29, 0.717) is 18.8 Å². The standard InChI is InChI=1S/C16H24N2O3/c1-18(12-16(20)8-2-3-9-16)15(19)11-21-14-6-4-13(10-17)5-7-14/h4-7,20H,2-3,8-12,17H2,1H3. The van der Waals surface area contributed by atoms with E-state index in [-0.39, 0.29) is 12.5 Å². The van der Waals surface area contributed by atoms with Crippen molar-refractivity contribution in [2.24, 2.45) is 5.73 Å². The predicted molar refractivity (Wildman–Crippen MR) is 80.9 cm³/mol. The Morgan fingerprint density at radius 1 is 1.33 bits per heavy atom. The second kappa shape index (κ2) is 6.91. The Morgan fingerprint density at radius 2 is 1.95 bits per heavy atom. The van der Waals surface area contributed by atoms with E-state index in [4.69, 9.17) is 10.5 Å². The van der Waals surface area contributed by atoms with Gasteiger partial charge in [0.25, 0.3) is 5.91 Å². The summed E-state index contributed by atoms with van der Waals surface area (Å²) in [5, 5.41) is 10.3. The molecule has 0 radical (unpaired) electrons. The molecule has 0 unspecified atom stereocenters. The third-order valence-corrected chi connectivity index (χ3v) is 4.01. The van der Waals surface area contributed by atoms with Crippen molar-refractivity contribution in [1.82, 2.24) is 4.90 Å². The molecule has 0 heterocycles. The molecule has 1 aliphatic carbocycles. The molecule has 0 spiro atoms. The van der Waals surface area contributed by atoms with E-state index in [0.717, 1.165) is 31.2 Å². The number of rotatable bonds is 6. The zero-order chi connectivity index (χ0) is 15.3. The fraction of sp³-hybridized carbons (Fsp3) is 0.562. The lowest BCUT2D eigenvalue weighted by Gasteiger charge is -2.28. The predicted octanol–water partition coefficient (Wildman–Crippen LogP) is 1.29. The number of carbonyl (C=O) groups excluding carboxylic acids is 1. The van der Waals surface area contributed by atoms with E-state index in [1.807, 2.05) is 12.1 Å². The van der Waals surface area contributed by atoms with Gasteiger partial charge in [0, 0.05) is 20.1 Å². The van der Waals surface area contributed by atoms with Crippen LogP contribution >= 0.6 is 0 Å². The number of aliphatic hydroxyl groups is 1. The summed E-state index contributed by atoms with van der Waals surface area (Å²) in [5.74, 6) is 0.520. The zero-order valence-corrected chi connectivity index (χ0v) is 12.5. The molecule has 5 heteroatoms. The summed E-state index contributed by atoms with van der Waals surface area (Å²) in [5.41, 5.74) is 5.83. The van der Waals surface area contributed by atoms with E-state index in [1.54, 1.807) is 24.1 Å². The fourth-order valence-electron chi connectivity index (χ4n) is 2.70. The summed E-state index contributed by atoms with van der Waals surface area (Å²) in [6.07, 6.45) is 3.60. The molecule has 2 rings (SSSR count). The molecular weight excluding hydrogens is 268 g/mol. The van der Waals surface area contributed by atoms with Crippen molar-refractivity contribution in [3.8, 4) is 5.75 Å². The van der Waals surface area contributed by atoms with Gasteiger partial charge < -0.3 is 20.5 Å². The number of nitrogens with two attached hydrogens (primary N) is 1. The molecule has 5 nitrogen and oxygen atoms in total. The first-order valence-corrected chi connectivity index (χ1v) is 7.40. The Hall–Kier alpha value is -1.59. The van der Waals surface area contributed by atoms with Gasteiger partial charge in [-0.1, -0.05) is 25.0 Å². The fourth-order valence-corrected chi connectivity index (χ4v) is 2.70. The third-order valence-electron chi connectivity index (χ3n) is 4.01. The van der Waals surface area contributed by atoms with Crippen molar-refractivity contribution in [2.75, 3.05) is 20.2 Å². The molecule has 0 aromatic heterocycles. The Morgan fingerprint density at radius 3 is 2.52 bits per heavy atom. The smallest absolute Gasteiger partial charge is 0.260 e. The van der Waals surface area contributed by atoms with Crippen LogP contribution in [-0.4, -0.2) is 41.7 Å². The molecule has 0 saturated heterocycles. The maximum atomic E-state index is 12.0. The monoisotopic (exact) mass is 292 g/mol. The van der Waals surface area contributed by atoms with Gasteiger partial charge in [0.05, 0.1) is 5.60 Å². The summed E-state index contributed by atoms with van der Waals surface area (Å²) >= 11 is 0. The summed E-state index contributed by atoms with van der Waals surface area (Å²) in [6, 6.07) is 7.37. The van der Waals surface area contributed by atoms with E-state index in [9.17, 15) is 9.90 Å². The van der Waals surface area contributed by atoms with Gasteiger partial charge in [0.1, 0.15) is 5.75 Å². The van der Waals surface area contributed by atoms with E-state index in [2.05, 4.69) is 0 Å². The highest BCUT2D eigenvalue weighted by atomic mass is 16.5. The molecule has 1 aromatic rings. The highest BCUT2D eigenvalue weighted by Gasteiger charge is 2.33. The van der Waals surface area contributed by atoms with Crippen LogP contribution in [0.4, 0.5) is 0 Å². The van der Waals surface area contributed by atoms with Gasteiger partial charge in [-0.25, -0.2) is 0 Å². The zero-order valence-electron chi connectivity index (χ0n) is 12.5. The molecule has 1 saturated carbocycles. The van der Waals surface area contributed by atoms with E-state index < -0.39 is 5.60 Å². The van der Waals surface area contributed by atoms with Crippen LogP contribution in [-0.2, 0) is 11.3 Å². The lowest BCUT2D eigenvalue weighted by atomic mass is 10.0. The van der Waals surface area contributed by atoms with Crippen molar-refractivity contribution in [3.05, 3.63) is 29.8 Å². The van der Waals surface area contributed by atoms with Crippen molar-refractivity contribution >= 4 is 5.91 Å². The summed E-state index contributed by atoms with van der Waals surface area (Å²) in [6.45, 7) is 0.844. The van der Waals surface area contributed by atoms with Crippen LogP contribution in [0.3, 0.4) is 0 Å². The molecule has 21 heavy (non-hydrogen) atoms. The van der Waals surface area contributed by atoms with Gasteiger partial charge in [-0.15, -0.1) is 0 Å². The molecule has 1 amide bonds. The van der Waals surface area contributed by atoms with Crippen molar-refractivity contribution < 1.29 is 14.6 Å². The first-order chi connectivity index (χ1) is 10.0. The van der Waals surface area contributed by atoms with Gasteiger partial charge in [0.15, 0.2) is 6.61 Å².